The van der Waals surface area contributed by atoms with E-state index in [4.69, 9.17) is 4.43 Å². The van der Waals surface area contributed by atoms with Crippen LogP contribution in [0, 0.1) is 23.7 Å². The van der Waals surface area contributed by atoms with Crippen LogP contribution in [0.1, 0.15) is 77.0 Å². The van der Waals surface area contributed by atoms with Crippen molar-refractivity contribution in [2.75, 3.05) is 0 Å². The molecular formula is C29H46O2Si. The second kappa shape index (κ2) is 8.25. The largest absolute Gasteiger partial charge is 0.413 e. The van der Waals surface area contributed by atoms with Crippen molar-refractivity contribution in [2.45, 2.75) is 103 Å². The zero-order valence-corrected chi connectivity index (χ0v) is 22.8. The van der Waals surface area contributed by atoms with Crippen molar-refractivity contribution in [1.82, 2.24) is 0 Å². The predicted molar refractivity (Wildman–Crippen MR) is 140 cm³/mol. The molecule has 0 aromatic heterocycles. The molecule has 3 heteroatoms. The lowest BCUT2D eigenvalue weighted by Crippen LogP contribution is -2.60. The summed E-state index contributed by atoms with van der Waals surface area (Å²) in [4.78, 5) is 0. The van der Waals surface area contributed by atoms with Crippen molar-refractivity contribution in [2.24, 2.45) is 16.7 Å². The average molecular weight is 455 g/mol. The van der Waals surface area contributed by atoms with Gasteiger partial charge in [0.25, 0.3) is 0 Å². The summed E-state index contributed by atoms with van der Waals surface area (Å²) in [5, 5.41) is 12.4. The highest BCUT2D eigenvalue weighted by atomic mass is 28.4. The molecule has 1 aromatic rings. The Morgan fingerprint density at radius 1 is 1.16 bits per heavy atom. The van der Waals surface area contributed by atoms with E-state index in [1.807, 2.05) is 6.08 Å². The van der Waals surface area contributed by atoms with Crippen molar-refractivity contribution in [3.05, 3.63) is 54.1 Å². The van der Waals surface area contributed by atoms with Gasteiger partial charge in [0.1, 0.15) is 0 Å². The molecule has 1 aromatic carbocycles. The Labute approximate surface area is 198 Å². The number of hydrogen-bond acceptors (Lipinski definition) is 2. The molecule has 0 amide bonds. The zero-order valence-electron chi connectivity index (χ0n) is 21.8. The van der Waals surface area contributed by atoms with Crippen molar-refractivity contribution in [3.63, 3.8) is 0 Å². The van der Waals surface area contributed by atoms with Gasteiger partial charge in [-0.25, -0.2) is 0 Å². The Balaban J connectivity index is 1.95. The smallest absolute Gasteiger partial charge is 0.192 e. The van der Waals surface area contributed by atoms with Crippen LogP contribution in [-0.2, 0) is 10.8 Å². The van der Waals surface area contributed by atoms with Crippen LogP contribution in [0.15, 0.2) is 37.4 Å². The molecular weight excluding hydrogens is 408 g/mol. The van der Waals surface area contributed by atoms with Crippen molar-refractivity contribution in [1.29, 1.82) is 0 Å². The van der Waals surface area contributed by atoms with Crippen molar-refractivity contribution < 1.29 is 9.53 Å². The van der Waals surface area contributed by atoms with Gasteiger partial charge in [0.2, 0.25) is 0 Å². The minimum Gasteiger partial charge on any atom is -0.413 e. The van der Waals surface area contributed by atoms with Gasteiger partial charge < -0.3 is 9.53 Å². The highest BCUT2D eigenvalue weighted by Gasteiger charge is 2.64. The maximum absolute atomic E-state index is 12.2. The van der Waals surface area contributed by atoms with E-state index in [1.165, 1.54) is 11.1 Å². The Kier molecular flexibility index (Phi) is 6.56. The minimum atomic E-state index is -1.86. The number of rotatable bonds is 6. The van der Waals surface area contributed by atoms with Crippen LogP contribution in [0.25, 0.3) is 6.08 Å². The van der Waals surface area contributed by atoms with E-state index in [0.29, 0.717) is 12.3 Å². The standard InChI is InChI=1S/C29H46O2Si/c1-11-22-14-13-21(3)19-23(22)20-29(30)18-17-27(7)24(28(29,8)12-2)15-16-25(27)31-32(9,10)26(4,5)6/h11-14,19,24-25,30H,1-2,15-18,20H2,3-10H3/t24-,25+,27+,28-,29+/m1/s1. The first-order valence-corrected chi connectivity index (χ1v) is 15.3. The van der Waals surface area contributed by atoms with Crippen molar-refractivity contribution in [3.8, 4) is 0 Å². The highest BCUT2D eigenvalue weighted by Crippen LogP contribution is 2.65. The summed E-state index contributed by atoms with van der Waals surface area (Å²) in [6.45, 7) is 26.8. The molecule has 2 aliphatic carbocycles. The molecule has 178 valence electrons. The Bertz CT molecular complexity index is 882. The quantitative estimate of drug-likeness (QED) is 0.352. The molecule has 32 heavy (non-hydrogen) atoms. The van der Waals surface area contributed by atoms with Crippen LogP contribution < -0.4 is 0 Å². The number of fused-ring (bicyclic) bond motifs is 1. The van der Waals surface area contributed by atoms with Gasteiger partial charge in [-0.3, -0.25) is 0 Å². The molecule has 0 bridgehead atoms. The maximum Gasteiger partial charge on any atom is 0.192 e. The molecule has 2 saturated carbocycles. The third kappa shape index (κ3) is 3.99. The van der Waals surface area contributed by atoms with Crippen LogP contribution in [0.3, 0.4) is 0 Å². The van der Waals surface area contributed by atoms with Crippen LogP contribution >= 0.6 is 0 Å². The van der Waals surface area contributed by atoms with Gasteiger partial charge in [0.15, 0.2) is 8.32 Å². The average Bonchev–Trinajstić information content (AvgIpc) is 3.01. The molecule has 5 atom stereocenters. The normalized spacial score (nSPS) is 35.4. The first-order valence-electron chi connectivity index (χ1n) is 12.4. The van der Waals surface area contributed by atoms with E-state index in [1.54, 1.807) is 0 Å². The fraction of sp³-hybridized carbons (Fsp3) is 0.655. The summed E-state index contributed by atoms with van der Waals surface area (Å²) in [6.07, 6.45) is 8.80. The number of hydrogen-bond donors (Lipinski definition) is 1. The van der Waals surface area contributed by atoms with Crippen molar-refractivity contribution >= 4 is 14.4 Å². The fourth-order valence-corrected chi connectivity index (χ4v) is 7.78. The molecule has 2 aliphatic rings. The second-order valence-corrected chi connectivity index (χ2v) is 17.4. The fourth-order valence-electron chi connectivity index (χ4n) is 6.33. The van der Waals surface area contributed by atoms with Crippen LogP contribution in [0.2, 0.25) is 18.1 Å². The third-order valence-corrected chi connectivity index (χ3v) is 14.2. The van der Waals surface area contributed by atoms with Gasteiger partial charge >= 0.3 is 0 Å². The van der Waals surface area contributed by atoms with Gasteiger partial charge in [0.05, 0.1) is 11.7 Å². The molecule has 0 radical (unpaired) electrons. The summed E-state index contributed by atoms with van der Waals surface area (Å²) < 4.78 is 7.02. The monoisotopic (exact) mass is 454 g/mol. The lowest BCUT2D eigenvalue weighted by Gasteiger charge is -2.58. The van der Waals surface area contributed by atoms with E-state index in [0.717, 1.165) is 31.2 Å². The predicted octanol–water partition coefficient (Wildman–Crippen LogP) is 7.70. The van der Waals surface area contributed by atoms with E-state index in [2.05, 4.69) is 92.1 Å². The highest BCUT2D eigenvalue weighted by molar-refractivity contribution is 6.74. The first kappa shape index (κ1) is 25.5. The number of benzene rings is 1. The molecule has 0 spiro atoms. The van der Waals surface area contributed by atoms with Gasteiger partial charge in [-0.1, -0.05) is 77.1 Å². The Morgan fingerprint density at radius 3 is 2.38 bits per heavy atom. The van der Waals surface area contributed by atoms with E-state index < -0.39 is 13.9 Å². The molecule has 2 nitrogen and oxygen atoms in total. The van der Waals surface area contributed by atoms with Gasteiger partial charge in [-0.05, 0) is 73.2 Å². The first-order chi connectivity index (χ1) is 14.6. The van der Waals surface area contributed by atoms with Crippen LogP contribution in [-0.4, -0.2) is 25.1 Å². The van der Waals surface area contributed by atoms with E-state index in [9.17, 15) is 5.11 Å². The lowest BCUT2D eigenvalue weighted by molar-refractivity contribution is -0.158. The summed E-state index contributed by atoms with van der Waals surface area (Å²) in [5.41, 5.74) is 2.40. The SMILES string of the molecule is C=Cc1ccc(C)cc1C[C@@]1(O)CC[C@]2(C)[C@@H](O[Si](C)(C)C(C)(C)C)CC[C@H]2[C@@]1(C)C=C. The molecule has 0 heterocycles. The Morgan fingerprint density at radius 2 is 1.81 bits per heavy atom. The summed E-state index contributed by atoms with van der Waals surface area (Å²) in [7, 11) is -1.86. The molecule has 1 N–H and O–H groups in total. The van der Waals surface area contributed by atoms with E-state index in [-0.39, 0.29) is 22.0 Å². The maximum atomic E-state index is 12.2. The molecule has 3 rings (SSSR count). The molecule has 0 unspecified atom stereocenters. The van der Waals surface area contributed by atoms with Gasteiger partial charge in [-0.2, -0.15) is 0 Å². The summed E-state index contributed by atoms with van der Waals surface area (Å²) in [5.74, 6) is 0.359. The lowest BCUT2D eigenvalue weighted by atomic mass is 9.49. The van der Waals surface area contributed by atoms with Gasteiger partial charge in [0, 0.05) is 11.8 Å². The molecule has 0 aliphatic heterocycles. The third-order valence-electron chi connectivity index (χ3n) is 9.72. The summed E-state index contributed by atoms with van der Waals surface area (Å²) in [6, 6.07) is 6.46. The molecule has 2 fully saturated rings. The number of aliphatic hydroxyl groups is 1. The topological polar surface area (TPSA) is 29.5 Å². The second-order valence-electron chi connectivity index (χ2n) is 12.6. The van der Waals surface area contributed by atoms with Crippen LogP contribution in [0.4, 0.5) is 0 Å². The Hall–Kier alpha value is -1.16. The zero-order chi connectivity index (χ0) is 24.2. The van der Waals surface area contributed by atoms with Crippen LogP contribution in [0.5, 0.6) is 0 Å². The number of aryl methyl sites for hydroxylation is 1. The molecule has 0 saturated heterocycles. The van der Waals surface area contributed by atoms with E-state index >= 15 is 0 Å². The summed E-state index contributed by atoms with van der Waals surface area (Å²) >= 11 is 0. The van der Waals surface area contributed by atoms with Gasteiger partial charge in [-0.15, -0.1) is 6.58 Å². The minimum absolute atomic E-state index is 0.0680.